The van der Waals surface area contributed by atoms with Gasteiger partial charge in [-0.1, -0.05) is 60.8 Å². The van der Waals surface area contributed by atoms with E-state index in [2.05, 4.69) is 63.8 Å². The molecule has 1 fully saturated rings. The van der Waals surface area contributed by atoms with Crippen LogP contribution in [0.25, 0.3) is 0 Å². The number of rotatable bonds is 2. The largest absolute Gasteiger partial charge is 0.481 e. The summed E-state index contributed by atoms with van der Waals surface area (Å²) in [5.41, 5.74) is 0.933. The molecule has 1 rings (SSSR count). The molecule has 1 aliphatic rings. The maximum absolute atomic E-state index is 10.2. The van der Waals surface area contributed by atoms with Gasteiger partial charge in [0.15, 0.2) is 0 Å². The number of esters is 2. The van der Waals surface area contributed by atoms with Crippen LogP contribution < -0.4 is 0 Å². The van der Waals surface area contributed by atoms with Gasteiger partial charge in [-0.25, -0.2) is 9.59 Å². The summed E-state index contributed by atoms with van der Waals surface area (Å²) in [6.45, 7) is 30.3. The molecule has 1 atom stereocenters. The number of carbonyl (C=O) groups is 3. The monoisotopic (exact) mass is 508 g/mol. The van der Waals surface area contributed by atoms with E-state index in [-0.39, 0.29) is 5.97 Å². The second-order valence-corrected chi connectivity index (χ2v) is 7.75. The molecule has 1 unspecified atom stereocenters. The molecule has 1 heterocycles. The van der Waals surface area contributed by atoms with Gasteiger partial charge in [-0.05, 0) is 39.0 Å². The molecule has 35 heavy (non-hydrogen) atoms. The highest BCUT2D eigenvalue weighted by Crippen LogP contribution is 2.09. The van der Waals surface area contributed by atoms with Crippen LogP contribution in [0.1, 0.15) is 82.1 Å². The summed E-state index contributed by atoms with van der Waals surface area (Å²) in [4.78, 5) is 29.0. The SMILES string of the molecule is C=C(C)C(=O)OC.C=CC.C=CC(=O)OC.CC.CC(=O)O.CC(C)(C)C.CC1CCCO1.CO. The molecule has 0 amide bonds. The van der Waals surface area contributed by atoms with Gasteiger partial charge in [0.05, 0.1) is 20.3 Å². The van der Waals surface area contributed by atoms with Crippen LogP contribution in [-0.2, 0) is 28.6 Å². The van der Waals surface area contributed by atoms with Gasteiger partial charge in [0, 0.05) is 32.3 Å². The number of aliphatic hydroxyl groups excluding tert-OH is 1. The molecule has 1 saturated heterocycles. The molecule has 0 spiro atoms. The van der Waals surface area contributed by atoms with Crippen molar-refractivity contribution < 1.29 is 38.8 Å². The Morgan fingerprint density at radius 3 is 1.34 bits per heavy atom. The van der Waals surface area contributed by atoms with Crippen molar-refractivity contribution in [3.05, 3.63) is 37.5 Å². The zero-order chi connectivity index (χ0) is 30.0. The van der Waals surface area contributed by atoms with Crippen molar-refractivity contribution in [2.45, 2.75) is 88.2 Å². The van der Waals surface area contributed by atoms with Gasteiger partial charge in [-0.3, -0.25) is 4.79 Å². The molecular formula is C27H56O8. The van der Waals surface area contributed by atoms with Gasteiger partial charge in [0.2, 0.25) is 0 Å². The first-order valence-corrected chi connectivity index (χ1v) is 11.3. The molecule has 0 saturated carbocycles. The summed E-state index contributed by atoms with van der Waals surface area (Å²) in [7, 11) is 3.64. The number of hydrogen-bond acceptors (Lipinski definition) is 7. The first-order valence-electron chi connectivity index (χ1n) is 11.3. The van der Waals surface area contributed by atoms with Crippen molar-refractivity contribution in [3.8, 4) is 0 Å². The van der Waals surface area contributed by atoms with Crippen LogP contribution in [0.5, 0.6) is 0 Å². The van der Waals surface area contributed by atoms with E-state index in [0.29, 0.717) is 17.1 Å². The highest BCUT2D eigenvalue weighted by molar-refractivity contribution is 5.86. The Morgan fingerprint density at radius 1 is 1.00 bits per heavy atom. The number of ether oxygens (including phenoxy) is 3. The first kappa shape index (κ1) is 49.6. The molecule has 0 bridgehead atoms. The zero-order valence-electron chi connectivity index (χ0n) is 24.8. The molecule has 8 nitrogen and oxygen atoms in total. The third kappa shape index (κ3) is 130. The van der Waals surface area contributed by atoms with Crippen LogP contribution in [0.3, 0.4) is 0 Å². The van der Waals surface area contributed by atoms with Crippen LogP contribution in [-0.4, -0.2) is 62.2 Å². The van der Waals surface area contributed by atoms with Gasteiger partial charge in [0.1, 0.15) is 0 Å². The fraction of sp³-hybridized carbons (Fsp3) is 0.667. The minimum Gasteiger partial charge on any atom is -0.481 e. The van der Waals surface area contributed by atoms with E-state index < -0.39 is 11.9 Å². The summed E-state index contributed by atoms with van der Waals surface area (Å²) in [5, 5.41) is 14.4. The third-order valence-electron chi connectivity index (χ3n) is 2.06. The van der Waals surface area contributed by atoms with Crippen LogP contribution in [0.15, 0.2) is 37.5 Å². The summed E-state index contributed by atoms with van der Waals surface area (Å²) in [5.74, 6) is -1.57. The van der Waals surface area contributed by atoms with E-state index in [0.717, 1.165) is 26.7 Å². The molecule has 8 heteroatoms. The van der Waals surface area contributed by atoms with E-state index in [1.165, 1.54) is 27.1 Å². The van der Waals surface area contributed by atoms with Crippen molar-refractivity contribution in [3.63, 3.8) is 0 Å². The van der Waals surface area contributed by atoms with Crippen LogP contribution >= 0.6 is 0 Å². The second-order valence-electron chi connectivity index (χ2n) is 7.75. The van der Waals surface area contributed by atoms with Gasteiger partial charge < -0.3 is 24.4 Å². The fourth-order valence-corrected chi connectivity index (χ4v) is 0.996. The Balaban J connectivity index is -0.0000000530. The smallest absolute Gasteiger partial charge is 0.332 e. The molecule has 2 N–H and O–H groups in total. The predicted molar refractivity (Wildman–Crippen MR) is 147 cm³/mol. The average Bonchev–Trinajstić information content (AvgIpc) is 3.26. The molecule has 0 radical (unpaired) electrons. The standard InChI is InChI=1S/C5H8O2.C5H10O.C5H12.C4H6O2.C3H6.C2H4O2.C2H6.CH4O/c1-4(2)5(6)7-3;1-5-3-2-4-6-5;1-5(2,3)4;1-3-4(5)6-2;1-3-2;1-2(3)4;2*1-2/h1H2,2-3H3;5H,2-4H2,1H3;1-4H3;3H,1H2,2H3;3H,1H2,2H3;1H3,(H,3,4);1-2H3;2H,1H3. The maximum atomic E-state index is 10.2. The highest BCUT2D eigenvalue weighted by atomic mass is 16.5. The lowest BCUT2D eigenvalue weighted by molar-refractivity contribution is -0.136. The fourth-order valence-electron chi connectivity index (χ4n) is 0.996. The topological polar surface area (TPSA) is 119 Å². The van der Waals surface area contributed by atoms with Crippen molar-refractivity contribution in [1.29, 1.82) is 0 Å². The summed E-state index contributed by atoms with van der Waals surface area (Å²) < 4.78 is 13.6. The van der Waals surface area contributed by atoms with E-state index in [9.17, 15) is 9.59 Å². The van der Waals surface area contributed by atoms with Crippen LogP contribution in [0.2, 0.25) is 0 Å². The van der Waals surface area contributed by atoms with Crippen LogP contribution in [0, 0.1) is 5.41 Å². The Kier molecular flexibility index (Phi) is 59.2. The van der Waals surface area contributed by atoms with Crippen molar-refractivity contribution in [2.75, 3.05) is 27.9 Å². The van der Waals surface area contributed by atoms with Gasteiger partial charge >= 0.3 is 11.9 Å². The Bertz CT molecular complexity index is 476. The first-order chi connectivity index (χ1) is 16.0. The molecule has 0 aromatic heterocycles. The minimum atomic E-state index is -0.833. The van der Waals surface area contributed by atoms with E-state index in [4.69, 9.17) is 19.7 Å². The molecule has 0 aromatic rings. The third-order valence-corrected chi connectivity index (χ3v) is 2.06. The summed E-state index contributed by atoms with van der Waals surface area (Å²) in [6, 6.07) is 0. The highest BCUT2D eigenvalue weighted by Gasteiger charge is 2.07. The number of carbonyl (C=O) groups excluding carboxylic acids is 2. The summed E-state index contributed by atoms with van der Waals surface area (Å²) in [6.07, 6.45) is 5.94. The lowest BCUT2D eigenvalue weighted by atomic mass is 10.0. The van der Waals surface area contributed by atoms with E-state index in [1.54, 1.807) is 13.0 Å². The van der Waals surface area contributed by atoms with Gasteiger partial charge in [0.25, 0.3) is 5.97 Å². The van der Waals surface area contributed by atoms with E-state index >= 15 is 0 Å². The second kappa shape index (κ2) is 41.8. The molecule has 1 aliphatic heterocycles. The molecular weight excluding hydrogens is 452 g/mol. The van der Waals surface area contributed by atoms with Crippen molar-refractivity contribution in [1.82, 2.24) is 0 Å². The number of carboxylic acid groups (broad SMARTS) is 1. The normalized spacial score (nSPS) is 11.8. The molecule has 0 aromatic carbocycles. The van der Waals surface area contributed by atoms with Crippen LogP contribution in [0.4, 0.5) is 0 Å². The maximum Gasteiger partial charge on any atom is 0.332 e. The number of methoxy groups -OCH3 is 2. The lowest BCUT2D eigenvalue weighted by Gasteiger charge is -2.05. The predicted octanol–water partition coefficient (Wildman–Crippen LogP) is 6.24. The zero-order valence-corrected chi connectivity index (χ0v) is 24.8. The van der Waals surface area contributed by atoms with Crippen molar-refractivity contribution >= 4 is 17.9 Å². The molecule has 0 aliphatic carbocycles. The number of aliphatic hydroxyl groups is 1. The minimum absolute atomic E-state index is 0.347. The lowest BCUT2D eigenvalue weighted by Crippen LogP contribution is -1.98. The molecule has 212 valence electrons. The Labute approximate surface area is 216 Å². The number of carboxylic acids is 1. The average molecular weight is 509 g/mol. The van der Waals surface area contributed by atoms with Gasteiger partial charge in [-0.15, -0.1) is 6.58 Å². The number of aliphatic carboxylic acids is 1. The Morgan fingerprint density at radius 2 is 1.31 bits per heavy atom. The number of allylic oxidation sites excluding steroid dienone is 1. The van der Waals surface area contributed by atoms with Crippen molar-refractivity contribution in [2.24, 2.45) is 5.41 Å². The van der Waals surface area contributed by atoms with Gasteiger partial charge in [-0.2, -0.15) is 0 Å². The number of hydrogen-bond donors (Lipinski definition) is 2. The quantitative estimate of drug-likeness (QED) is 0.256. The Hall–Kier alpha value is -2.45. The summed E-state index contributed by atoms with van der Waals surface area (Å²) >= 11 is 0. The van der Waals surface area contributed by atoms with E-state index in [1.807, 2.05) is 20.8 Å².